The van der Waals surface area contributed by atoms with Crippen LogP contribution in [0.15, 0.2) is 45.6 Å². The number of hydrogen-bond acceptors (Lipinski definition) is 5. The number of benzene rings is 2. The van der Waals surface area contributed by atoms with Crippen LogP contribution < -0.4 is 16.1 Å². The second kappa shape index (κ2) is 9.62. The number of rotatable bonds is 5. The van der Waals surface area contributed by atoms with Gasteiger partial charge >= 0.3 is 0 Å². The van der Waals surface area contributed by atoms with Crippen molar-refractivity contribution in [1.82, 2.24) is 0 Å². The van der Waals surface area contributed by atoms with Gasteiger partial charge in [-0.05, 0) is 35.9 Å². The molecule has 8 heteroatoms. The fourth-order valence-corrected chi connectivity index (χ4v) is 3.23. The van der Waals surface area contributed by atoms with Gasteiger partial charge in [-0.3, -0.25) is 14.4 Å². The minimum absolute atomic E-state index is 0.0337. The van der Waals surface area contributed by atoms with Gasteiger partial charge in [0.15, 0.2) is 5.43 Å². The summed E-state index contributed by atoms with van der Waals surface area (Å²) >= 11 is 0. The van der Waals surface area contributed by atoms with E-state index in [1.165, 1.54) is 25.3 Å². The van der Waals surface area contributed by atoms with E-state index in [4.69, 9.17) is 9.15 Å². The molecule has 0 saturated carbocycles. The molecule has 186 valence electrons. The third-order valence-corrected chi connectivity index (χ3v) is 5.31. The highest BCUT2D eigenvalue weighted by atomic mass is 19.1. The standard InChI is InChI=1S/C27H31FN2O5/c1-26(2,3)24(32)29-18-9-8-16(12-17(18)28)21-13-20(31)23-19(30-25(33)27(4,5)6)10-15(14-34-7)11-22(23)35-21/h8-13H,14H2,1-7H3,(H,29,32)(H,30,33). The van der Waals surface area contributed by atoms with Crippen LogP contribution in [0.3, 0.4) is 0 Å². The van der Waals surface area contributed by atoms with Crippen molar-refractivity contribution in [1.29, 1.82) is 0 Å². The fraction of sp³-hybridized carbons (Fsp3) is 0.370. The van der Waals surface area contributed by atoms with Crippen LogP contribution in [0.4, 0.5) is 15.8 Å². The highest BCUT2D eigenvalue weighted by Crippen LogP contribution is 2.31. The van der Waals surface area contributed by atoms with E-state index >= 15 is 0 Å². The first-order chi connectivity index (χ1) is 16.2. The average molecular weight is 483 g/mol. The Kier molecular flexibility index (Phi) is 7.17. The first-order valence-electron chi connectivity index (χ1n) is 11.2. The van der Waals surface area contributed by atoms with E-state index in [1.54, 1.807) is 59.7 Å². The molecule has 0 radical (unpaired) electrons. The number of ether oxygens (including phenoxy) is 1. The quantitative estimate of drug-likeness (QED) is 0.485. The summed E-state index contributed by atoms with van der Waals surface area (Å²) < 4.78 is 26.0. The van der Waals surface area contributed by atoms with Crippen molar-refractivity contribution in [2.45, 2.75) is 48.1 Å². The first-order valence-corrected chi connectivity index (χ1v) is 11.2. The topological polar surface area (TPSA) is 97.6 Å². The molecule has 2 amide bonds. The van der Waals surface area contributed by atoms with Crippen LogP contribution in [0, 0.1) is 16.6 Å². The van der Waals surface area contributed by atoms with Crippen molar-refractivity contribution in [2.75, 3.05) is 17.7 Å². The lowest BCUT2D eigenvalue weighted by atomic mass is 9.95. The predicted octanol–water partition coefficient (Wildman–Crippen LogP) is 5.71. The Morgan fingerprint density at radius 2 is 1.51 bits per heavy atom. The third kappa shape index (κ3) is 5.95. The minimum atomic E-state index is -0.684. The van der Waals surface area contributed by atoms with Gasteiger partial charge in [-0.15, -0.1) is 0 Å². The summed E-state index contributed by atoms with van der Waals surface area (Å²) in [5.74, 6) is -1.09. The summed E-state index contributed by atoms with van der Waals surface area (Å²) in [4.78, 5) is 37.9. The van der Waals surface area contributed by atoms with E-state index in [2.05, 4.69) is 10.6 Å². The van der Waals surface area contributed by atoms with Gasteiger partial charge < -0.3 is 19.8 Å². The fourth-order valence-electron chi connectivity index (χ4n) is 3.23. The van der Waals surface area contributed by atoms with Gasteiger partial charge in [0.25, 0.3) is 0 Å². The van der Waals surface area contributed by atoms with Crippen LogP contribution in [0.25, 0.3) is 22.3 Å². The molecule has 0 saturated heterocycles. The summed E-state index contributed by atoms with van der Waals surface area (Å²) in [6.07, 6.45) is 0. The maximum Gasteiger partial charge on any atom is 0.229 e. The molecular weight excluding hydrogens is 451 g/mol. The molecule has 35 heavy (non-hydrogen) atoms. The number of fused-ring (bicyclic) bond motifs is 1. The van der Waals surface area contributed by atoms with Gasteiger partial charge in [0.2, 0.25) is 11.8 Å². The zero-order valence-electron chi connectivity index (χ0n) is 21.1. The predicted molar refractivity (Wildman–Crippen MR) is 135 cm³/mol. The lowest BCUT2D eigenvalue weighted by Crippen LogP contribution is -2.28. The molecule has 1 heterocycles. The van der Waals surface area contributed by atoms with Crippen LogP contribution >= 0.6 is 0 Å². The van der Waals surface area contributed by atoms with E-state index < -0.39 is 16.6 Å². The van der Waals surface area contributed by atoms with E-state index in [1.807, 2.05) is 0 Å². The molecule has 0 fully saturated rings. The summed E-state index contributed by atoms with van der Waals surface area (Å²) in [5.41, 5.74) is -0.144. The van der Waals surface area contributed by atoms with Crippen molar-refractivity contribution in [3.63, 3.8) is 0 Å². The van der Waals surface area contributed by atoms with Crippen LogP contribution in [0.5, 0.6) is 0 Å². The maximum absolute atomic E-state index is 14.8. The maximum atomic E-state index is 14.8. The molecule has 3 rings (SSSR count). The molecule has 1 aromatic heterocycles. The second-order valence-corrected chi connectivity index (χ2v) is 10.5. The molecule has 0 bridgehead atoms. The number of nitrogens with one attached hydrogen (secondary N) is 2. The molecule has 0 unspecified atom stereocenters. The highest BCUT2D eigenvalue weighted by molar-refractivity contribution is 6.03. The lowest BCUT2D eigenvalue weighted by molar-refractivity contribution is -0.123. The van der Waals surface area contributed by atoms with Gasteiger partial charge in [-0.1, -0.05) is 41.5 Å². The number of anilines is 2. The molecule has 3 aromatic rings. The third-order valence-electron chi connectivity index (χ3n) is 5.31. The molecule has 0 aliphatic rings. The van der Waals surface area contributed by atoms with E-state index in [9.17, 15) is 18.8 Å². The van der Waals surface area contributed by atoms with E-state index in [0.717, 1.165) is 0 Å². The number of halogens is 1. The molecule has 2 N–H and O–H groups in total. The Bertz CT molecular complexity index is 1350. The summed E-state index contributed by atoms with van der Waals surface area (Å²) in [5, 5.41) is 5.59. The molecule has 0 spiro atoms. The smallest absolute Gasteiger partial charge is 0.229 e. The SMILES string of the molecule is COCc1cc(NC(=O)C(C)(C)C)c2c(=O)cc(-c3ccc(NC(=O)C(C)(C)C)c(F)c3)oc2c1. The first kappa shape index (κ1) is 26.1. The number of carbonyl (C=O) groups is 2. The summed E-state index contributed by atoms with van der Waals surface area (Å²) in [6, 6.07) is 8.78. The zero-order chi connectivity index (χ0) is 26.1. The van der Waals surface area contributed by atoms with Gasteiger partial charge in [0.1, 0.15) is 17.2 Å². The van der Waals surface area contributed by atoms with Crippen LogP contribution in [0.1, 0.15) is 47.1 Å². The summed E-state index contributed by atoms with van der Waals surface area (Å²) in [6.45, 7) is 10.7. The van der Waals surface area contributed by atoms with Crippen molar-refractivity contribution in [3.8, 4) is 11.3 Å². The van der Waals surface area contributed by atoms with Gasteiger partial charge in [-0.2, -0.15) is 0 Å². The van der Waals surface area contributed by atoms with E-state index in [-0.39, 0.29) is 46.3 Å². The number of hydrogen-bond donors (Lipinski definition) is 2. The van der Waals surface area contributed by atoms with Crippen molar-refractivity contribution < 1.29 is 23.1 Å². The largest absolute Gasteiger partial charge is 0.456 e. The average Bonchev–Trinajstić information content (AvgIpc) is 2.73. The Morgan fingerprint density at radius 3 is 2.06 bits per heavy atom. The molecule has 0 atom stereocenters. The van der Waals surface area contributed by atoms with Crippen molar-refractivity contribution >= 4 is 34.2 Å². The second-order valence-electron chi connectivity index (χ2n) is 10.5. The monoisotopic (exact) mass is 482 g/mol. The molecule has 0 aliphatic carbocycles. The van der Waals surface area contributed by atoms with Gasteiger partial charge in [0.05, 0.1) is 23.4 Å². The molecule has 0 aliphatic heterocycles. The Hall–Kier alpha value is -3.52. The molecule has 7 nitrogen and oxygen atoms in total. The van der Waals surface area contributed by atoms with Gasteiger partial charge in [-0.25, -0.2) is 4.39 Å². The van der Waals surface area contributed by atoms with Crippen LogP contribution in [0.2, 0.25) is 0 Å². The van der Waals surface area contributed by atoms with Gasteiger partial charge in [0, 0.05) is 29.6 Å². The highest BCUT2D eigenvalue weighted by Gasteiger charge is 2.24. The normalized spacial score (nSPS) is 12.0. The Morgan fingerprint density at radius 1 is 0.914 bits per heavy atom. The lowest BCUT2D eigenvalue weighted by Gasteiger charge is -2.19. The molecule has 2 aromatic carbocycles. The number of carbonyl (C=O) groups excluding carboxylic acids is 2. The Labute approximate surface area is 203 Å². The number of amides is 2. The molecular formula is C27H31FN2O5. The minimum Gasteiger partial charge on any atom is -0.456 e. The van der Waals surface area contributed by atoms with E-state index in [0.29, 0.717) is 16.8 Å². The number of methoxy groups -OCH3 is 1. The Balaban J connectivity index is 2.08. The van der Waals surface area contributed by atoms with Crippen molar-refractivity contribution in [3.05, 3.63) is 58.0 Å². The summed E-state index contributed by atoms with van der Waals surface area (Å²) in [7, 11) is 1.53. The van der Waals surface area contributed by atoms with Crippen LogP contribution in [-0.4, -0.2) is 18.9 Å². The van der Waals surface area contributed by atoms with Crippen LogP contribution in [-0.2, 0) is 20.9 Å². The zero-order valence-corrected chi connectivity index (χ0v) is 21.1. The van der Waals surface area contributed by atoms with Crippen molar-refractivity contribution in [2.24, 2.45) is 10.8 Å².